The summed E-state index contributed by atoms with van der Waals surface area (Å²) in [6.45, 7) is 5.46. The zero-order chi connectivity index (χ0) is 17.4. The molecule has 1 heterocycles. The van der Waals surface area contributed by atoms with E-state index in [9.17, 15) is 9.59 Å². The average Bonchev–Trinajstić information content (AvgIpc) is 2.88. The summed E-state index contributed by atoms with van der Waals surface area (Å²) in [5, 5.41) is 9.96. The van der Waals surface area contributed by atoms with Crippen molar-refractivity contribution in [3.8, 4) is 0 Å². The molecular formula is C18H30N4O2. The Bertz CT molecular complexity index is 547. The number of amides is 2. The van der Waals surface area contributed by atoms with Crippen LogP contribution in [0.3, 0.4) is 0 Å². The van der Waals surface area contributed by atoms with Gasteiger partial charge < -0.3 is 10.6 Å². The predicted octanol–water partition coefficient (Wildman–Crippen LogP) is 2.09. The maximum absolute atomic E-state index is 11.9. The Kier molecular flexibility index (Phi) is 7.28. The van der Waals surface area contributed by atoms with E-state index < -0.39 is 0 Å². The molecule has 1 saturated carbocycles. The fourth-order valence-corrected chi connectivity index (χ4v) is 3.32. The number of nitrogens with one attached hydrogen (secondary N) is 2. The number of nitrogens with zero attached hydrogens (tertiary/aromatic N) is 2. The number of carbonyl (C=O) groups is 2. The lowest BCUT2D eigenvalue weighted by atomic mass is 9.87. The first kappa shape index (κ1) is 18.5. The lowest BCUT2D eigenvalue weighted by Gasteiger charge is -2.20. The van der Waals surface area contributed by atoms with Crippen LogP contribution in [0.5, 0.6) is 0 Å². The van der Waals surface area contributed by atoms with Crippen LogP contribution in [0.15, 0.2) is 6.07 Å². The minimum Gasteiger partial charge on any atom is -0.355 e. The van der Waals surface area contributed by atoms with Gasteiger partial charge in [0.25, 0.3) is 0 Å². The molecule has 6 nitrogen and oxygen atoms in total. The zero-order valence-corrected chi connectivity index (χ0v) is 14.9. The Labute approximate surface area is 144 Å². The standard InChI is InChI=1S/C18H30N4O2/c1-14-11-15(2)22(21-14)10-6-9-19-18(24)13-20-17(23)12-16-7-4-3-5-8-16/h11,16H,3-10,12-13H2,1-2H3,(H,19,24)(H,20,23). The fourth-order valence-electron chi connectivity index (χ4n) is 3.32. The lowest BCUT2D eigenvalue weighted by Crippen LogP contribution is -2.38. The van der Waals surface area contributed by atoms with E-state index in [1.807, 2.05) is 24.6 Å². The Balaban J connectivity index is 1.54. The van der Waals surface area contributed by atoms with Crippen molar-refractivity contribution in [3.05, 3.63) is 17.5 Å². The van der Waals surface area contributed by atoms with Crippen molar-refractivity contribution < 1.29 is 9.59 Å². The molecule has 24 heavy (non-hydrogen) atoms. The van der Waals surface area contributed by atoms with Crippen LogP contribution >= 0.6 is 0 Å². The number of rotatable bonds is 8. The van der Waals surface area contributed by atoms with Gasteiger partial charge in [0, 0.05) is 25.2 Å². The molecule has 0 spiro atoms. The Morgan fingerprint density at radius 2 is 1.92 bits per heavy atom. The van der Waals surface area contributed by atoms with Gasteiger partial charge in [-0.05, 0) is 45.1 Å². The molecule has 1 fully saturated rings. The van der Waals surface area contributed by atoms with Gasteiger partial charge in [0.1, 0.15) is 0 Å². The fraction of sp³-hybridized carbons (Fsp3) is 0.722. The predicted molar refractivity (Wildman–Crippen MR) is 93.5 cm³/mol. The quantitative estimate of drug-likeness (QED) is 0.715. The molecule has 0 bridgehead atoms. The van der Waals surface area contributed by atoms with Crippen molar-refractivity contribution >= 4 is 11.8 Å². The van der Waals surface area contributed by atoms with Crippen LogP contribution in [0, 0.1) is 19.8 Å². The van der Waals surface area contributed by atoms with E-state index in [0.29, 0.717) is 18.9 Å². The van der Waals surface area contributed by atoms with Crippen molar-refractivity contribution in [1.82, 2.24) is 20.4 Å². The summed E-state index contributed by atoms with van der Waals surface area (Å²) in [5.41, 5.74) is 2.14. The highest BCUT2D eigenvalue weighted by molar-refractivity contribution is 5.84. The number of carbonyl (C=O) groups excluding carboxylic acids is 2. The molecular weight excluding hydrogens is 304 g/mol. The molecule has 0 unspecified atom stereocenters. The van der Waals surface area contributed by atoms with Crippen molar-refractivity contribution in [1.29, 1.82) is 0 Å². The number of hydrogen-bond donors (Lipinski definition) is 2. The van der Waals surface area contributed by atoms with Crippen LogP contribution < -0.4 is 10.6 Å². The summed E-state index contributed by atoms with van der Waals surface area (Å²) in [4.78, 5) is 23.6. The second-order valence-electron chi connectivity index (χ2n) is 6.84. The highest BCUT2D eigenvalue weighted by Crippen LogP contribution is 2.25. The highest BCUT2D eigenvalue weighted by atomic mass is 16.2. The van der Waals surface area contributed by atoms with Gasteiger partial charge in [-0.1, -0.05) is 19.3 Å². The van der Waals surface area contributed by atoms with Crippen LogP contribution in [0.1, 0.15) is 56.3 Å². The van der Waals surface area contributed by atoms with Crippen LogP contribution in [-0.2, 0) is 16.1 Å². The molecule has 2 N–H and O–H groups in total. The molecule has 0 saturated heterocycles. The second kappa shape index (κ2) is 9.45. The first-order chi connectivity index (χ1) is 11.5. The highest BCUT2D eigenvalue weighted by Gasteiger charge is 2.17. The summed E-state index contributed by atoms with van der Waals surface area (Å²) in [6, 6.07) is 2.04. The summed E-state index contributed by atoms with van der Waals surface area (Å²) < 4.78 is 1.95. The molecule has 1 aromatic heterocycles. The van der Waals surface area contributed by atoms with E-state index in [0.717, 1.165) is 37.2 Å². The molecule has 1 aliphatic carbocycles. The van der Waals surface area contributed by atoms with Crippen LogP contribution in [0.2, 0.25) is 0 Å². The van der Waals surface area contributed by atoms with E-state index in [4.69, 9.17) is 0 Å². The minimum absolute atomic E-state index is 0.000286. The number of hydrogen-bond acceptors (Lipinski definition) is 3. The molecule has 134 valence electrons. The first-order valence-electron chi connectivity index (χ1n) is 9.09. The Morgan fingerprint density at radius 1 is 1.17 bits per heavy atom. The number of aromatic nitrogens is 2. The molecule has 1 aliphatic rings. The molecule has 0 aliphatic heterocycles. The van der Waals surface area contributed by atoms with Crippen molar-refractivity contribution in [2.45, 2.75) is 65.3 Å². The average molecular weight is 334 g/mol. The third-order valence-corrected chi connectivity index (χ3v) is 4.62. The van der Waals surface area contributed by atoms with Gasteiger partial charge in [-0.2, -0.15) is 5.10 Å². The van der Waals surface area contributed by atoms with Crippen molar-refractivity contribution in [3.63, 3.8) is 0 Å². The summed E-state index contributed by atoms with van der Waals surface area (Å²) in [6.07, 6.45) is 7.42. The van der Waals surface area contributed by atoms with Crippen molar-refractivity contribution in [2.75, 3.05) is 13.1 Å². The maximum Gasteiger partial charge on any atom is 0.239 e. The molecule has 0 aromatic carbocycles. The summed E-state index contributed by atoms with van der Waals surface area (Å²) in [5.74, 6) is 0.377. The van der Waals surface area contributed by atoms with Gasteiger partial charge in [0.05, 0.1) is 12.2 Å². The van der Waals surface area contributed by atoms with E-state index in [1.54, 1.807) is 0 Å². The molecule has 0 atom stereocenters. The smallest absolute Gasteiger partial charge is 0.239 e. The van der Waals surface area contributed by atoms with Gasteiger partial charge in [-0.25, -0.2) is 0 Å². The van der Waals surface area contributed by atoms with Gasteiger partial charge in [-0.3, -0.25) is 14.3 Å². The normalized spacial score (nSPS) is 15.2. The van der Waals surface area contributed by atoms with Crippen molar-refractivity contribution in [2.24, 2.45) is 5.92 Å². The lowest BCUT2D eigenvalue weighted by molar-refractivity contribution is -0.126. The largest absolute Gasteiger partial charge is 0.355 e. The molecule has 2 rings (SSSR count). The van der Waals surface area contributed by atoms with Gasteiger partial charge in [0.15, 0.2) is 0 Å². The Hall–Kier alpha value is -1.85. The van der Waals surface area contributed by atoms with E-state index in [-0.39, 0.29) is 18.4 Å². The number of aryl methyl sites for hydroxylation is 3. The maximum atomic E-state index is 11.9. The topological polar surface area (TPSA) is 76.0 Å². The monoisotopic (exact) mass is 334 g/mol. The molecule has 0 radical (unpaired) electrons. The third kappa shape index (κ3) is 6.34. The zero-order valence-electron chi connectivity index (χ0n) is 14.9. The van der Waals surface area contributed by atoms with Gasteiger partial charge in [0.2, 0.25) is 11.8 Å². The van der Waals surface area contributed by atoms with Crippen LogP contribution in [-0.4, -0.2) is 34.7 Å². The second-order valence-corrected chi connectivity index (χ2v) is 6.84. The minimum atomic E-state index is -0.125. The molecule has 6 heteroatoms. The first-order valence-corrected chi connectivity index (χ1v) is 9.09. The van der Waals surface area contributed by atoms with E-state index in [2.05, 4.69) is 15.7 Å². The summed E-state index contributed by atoms with van der Waals surface area (Å²) in [7, 11) is 0. The third-order valence-electron chi connectivity index (χ3n) is 4.62. The van der Waals surface area contributed by atoms with Crippen LogP contribution in [0.4, 0.5) is 0 Å². The van der Waals surface area contributed by atoms with Gasteiger partial charge in [-0.15, -0.1) is 0 Å². The van der Waals surface area contributed by atoms with Crippen LogP contribution in [0.25, 0.3) is 0 Å². The van der Waals surface area contributed by atoms with Gasteiger partial charge >= 0.3 is 0 Å². The molecule has 2 amide bonds. The van der Waals surface area contributed by atoms with E-state index in [1.165, 1.54) is 19.3 Å². The summed E-state index contributed by atoms with van der Waals surface area (Å²) >= 11 is 0. The van der Waals surface area contributed by atoms with E-state index >= 15 is 0 Å². The molecule has 1 aromatic rings. The SMILES string of the molecule is Cc1cc(C)n(CCCNC(=O)CNC(=O)CC2CCCCC2)n1. The Morgan fingerprint density at radius 3 is 2.58 bits per heavy atom.